The summed E-state index contributed by atoms with van der Waals surface area (Å²) >= 11 is 5.84. The summed E-state index contributed by atoms with van der Waals surface area (Å²) < 4.78 is 14.9. The first kappa shape index (κ1) is 25.0. The first-order valence-electron chi connectivity index (χ1n) is 12.5. The molecule has 7 nitrogen and oxygen atoms in total. The van der Waals surface area contributed by atoms with Gasteiger partial charge in [-0.2, -0.15) is 4.39 Å². The van der Waals surface area contributed by atoms with Crippen LogP contribution in [0.5, 0.6) is 0 Å². The fourth-order valence-corrected chi connectivity index (χ4v) is 4.63. The molecule has 0 radical (unpaired) electrons. The highest BCUT2D eigenvalue weighted by Crippen LogP contribution is 2.24. The van der Waals surface area contributed by atoms with E-state index < -0.39 is 5.95 Å². The molecular formula is C28H29ClFN7. The number of nitrogens with two attached hydrogens (primary N) is 1. The molecule has 190 valence electrons. The standard InChI is InChI=1S/C28H29ClFN7/c29-26-6-2-18(14-34-26)1-4-24-5-3-19(27(30)37-24)11-21-16-36-28-25(21)12-20(15-35-28)22(13-31)17-33-23-7-9-32-10-8-23/h2-3,5-6,12-17,23,32H,1,4,7-11,31H2,(H,35,36). The van der Waals surface area contributed by atoms with Gasteiger partial charge in [0.2, 0.25) is 5.95 Å². The predicted octanol–water partition coefficient (Wildman–Crippen LogP) is 4.64. The van der Waals surface area contributed by atoms with Crippen molar-refractivity contribution in [1.82, 2.24) is 25.3 Å². The first-order valence-corrected chi connectivity index (χ1v) is 12.8. The summed E-state index contributed by atoms with van der Waals surface area (Å²) in [7, 11) is 0. The number of hydrogen-bond acceptors (Lipinski definition) is 6. The summed E-state index contributed by atoms with van der Waals surface area (Å²) in [6, 6.07) is 9.70. The van der Waals surface area contributed by atoms with Crippen LogP contribution in [0.3, 0.4) is 0 Å². The normalized spacial score (nSPS) is 15.1. The van der Waals surface area contributed by atoms with Crippen molar-refractivity contribution in [2.24, 2.45) is 10.7 Å². The van der Waals surface area contributed by atoms with Crippen LogP contribution in [0.2, 0.25) is 5.15 Å². The van der Waals surface area contributed by atoms with Gasteiger partial charge in [-0.05, 0) is 68.1 Å². The molecule has 4 N–H and O–H groups in total. The molecule has 0 amide bonds. The van der Waals surface area contributed by atoms with Crippen LogP contribution in [-0.2, 0) is 19.3 Å². The zero-order chi connectivity index (χ0) is 25.6. The maximum atomic E-state index is 14.9. The number of H-pyrrole nitrogens is 1. The summed E-state index contributed by atoms with van der Waals surface area (Å²) in [5, 5.41) is 4.73. The van der Waals surface area contributed by atoms with Gasteiger partial charge in [-0.3, -0.25) is 4.99 Å². The predicted molar refractivity (Wildman–Crippen MR) is 146 cm³/mol. The van der Waals surface area contributed by atoms with Gasteiger partial charge < -0.3 is 16.0 Å². The minimum atomic E-state index is -0.457. The van der Waals surface area contributed by atoms with Crippen molar-refractivity contribution in [3.05, 3.63) is 94.2 Å². The summed E-state index contributed by atoms with van der Waals surface area (Å²) in [5.74, 6) is -0.457. The number of nitrogens with zero attached hydrogens (tertiary/aromatic N) is 4. The highest BCUT2D eigenvalue weighted by Gasteiger charge is 2.14. The lowest BCUT2D eigenvalue weighted by Crippen LogP contribution is -2.29. The van der Waals surface area contributed by atoms with Crippen molar-refractivity contribution < 1.29 is 4.39 Å². The van der Waals surface area contributed by atoms with E-state index >= 15 is 0 Å². The Balaban J connectivity index is 1.30. The Labute approximate surface area is 220 Å². The van der Waals surface area contributed by atoms with Gasteiger partial charge >= 0.3 is 0 Å². The number of piperidine rings is 1. The molecule has 37 heavy (non-hydrogen) atoms. The van der Waals surface area contributed by atoms with E-state index in [4.69, 9.17) is 22.3 Å². The summed E-state index contributed by atoms with van der Waals surface area (Å²) in [4.78, 5) is 20.8. The molecule has 1 saturated heterocycles. The highest BCUT2D eigenvalue weighted by atomic mass is 35.5. The zero-order valence-electron chi connectivity index (χ0n) is 20.4. The van der Waals surface area contributed by atoms with E-state index in [1.807, 2.05) is 36.7 Å². The number of hydrogen-bond donors (Lipinski definition) is 3. The van der Waals surface area contributed by atoms with Crippen molar-refractivity contribution in [3.8, 4) is 0 Å². The number of aryl methyl sites for hydroxylation is 2. The van der Waals surface area contributed by atoms with E-state index in [9.17, 15) is 4.39 Å². The molecule has 1 aliphatic heterocycles. The van der Waals surface area contributed by atoms with E-state index in [2.05, 4.69) is 25.3 Å². The Morgan fingerprint density at radius 1 is 1.11 bits per heavy atom. The third-order valence-electron chi connectivity index (χ3n) is 6.69. The molecule has 1 aliphatic rings. The van der Waals surface area contributed by atoms with Crippen LogP contribution in [0.1, 0.15) is 40.8 Å². The molecule has 0 saturated carbocycles. The molecular weight excluding hydrogens is 489 g/mol. The average molecular weight is 518 g/mol. The van der Waals surface area contributed by atoms with Crippen LogP contribution in [0, 0.1) is 5.95 Å². The lowest BCUT2D eigenvalue weighted by Gasteiger charge is -2.18. The van der Waals surface area contributed by atoms with Gasteiger partial charge in [0.25, 0.3) is 0 Å². The Kier molecular flexibility index (Phi) is 7.87. The molecule has 0 unspecified atom stereocenters. The summed E-state index contributed by atoms with van der Waals surface area (Å²) in [5.41, 5.74) is 11.6. The molecule has 5 heterocycles. The van der Waals surface area contributed by atoms with Crippen LogP contribution >= 0.6 is 11.6 Å². The summed E-state index contributed by atoms with van der Waals surface area (Å²) in [6.07, 6.45) is 12.6. The van der Waals surface area contributed by atoms with Gasteiger partial charge in [0.1, 0.15) is 10.8 Å². The third kappa shape index (κ3) is 6.21. The van der Waals surface area contributed by atoms with E-state index in [1.54, 1.807) is 24.7 Å². The Bertz CT molecular complexity index is 1420. The SMILES string of the molecule is NC=C(C=NC1CCNCC1)c1cnc2[nH]cc(Cc3ccc(CCc4ccc(Cl)nc4)nc3F)c2c1. The molecule has 0 bridgehead atoms. The number of fused-ring (bicyclic) bond motifs is 1. The van der Waals surface area contributed by atoms with Gasteiger partial charge in [-0.15, -0.1) is 0 Å². The molecule has 4 aromatic rings. The van der Waals surface area contributed by atoms with E-state index in [0.29, 0.717) is 41.7 Å². The lowest BCUT2D eigenvalue weighted by molar-refractivity contribution is 0.461. The second kappa shape index (κ2) is 11.6. The van der Waals surface area contributed by atoms with Crippen molar-refractivity contribution in [2.45, 2.75) is 38.1 Å². The van der Waals surface area contributed by atoms with Gasteiger partial charge in [-0.1, -0.05) is 23.7 Å². The number of halogens is 2. The maximum absolute atomic E-state index is 14.9. The minimum absolute atomic E-state index is 0.303. The molecule has 9 heteroatoms. The first-order chi connectivity index (χ1) is 18.1. The van der Waals surface area contributed by atoms with Crippen LogP contribution < -0.4 is 11.1 Å². The lowest BCUT2D eigenvalue weighted by atomic mass is 10.0. The van der Waals surface area contributed by atoms with Gasteiger partial charge in [0.15, 0.2) is 0 Å². The monoisotopic (exact) mass is 517 g/mol. The second-order valence-corrected chi connectivity index (χ2v) is 9.62. The van der Waals surface area contributed by atoms with Gasteiger partial charge in [-0.25, -0.2) is 15.0 Å². The van der Waals surface area contributed by atoms with E-state index in [0.717, 1.165) is 59.2 Å². The van der Waals surface area contributed by atoms with Crippen LogP contribution in [0.4, 0.5) is 4.39 Å². The topological polar surface area (TPSA) is 105 Å². The average Bonchev–Trinajstić information content (AvgIpc) is 3.33. The molecule has 5 rings (SSSR count). The number of rotatable bonds is 8. The smallest absolute Gasteiger partial charge is 0.216 e. The molecule has 0 aliphatic carbocycles. The maximum Gasteiger partial charge on any atom is 0.216 e. The molecule has 4 aromatic heterocycles. The summed E-state index contributed by atoms with van der Waals surface area (Å²) in [6.45, 7) is 1.96. The van der Waals surface area contributed by atoms with Crippen molar-refractivity contribution in [1.29, 1.82) is 0 Å². The Morgan fingerprint density at radius 2 is 1.97 bits per heavy atom. The van der Waals surface area contributed by atoms with Crippen molar-refractivity contribution >= 4 is 34.4 Å². The molecule has 0 aromatic carbocycles. The fourth-order valence-electron chi connectivity index (χ4n) is 4.52. The number of allylic oxidation sites excluding steroid dienone is 1. The number of nitrogens with one attached hydrogen (secondary N) is 2. The van der Waals surface area contributed by atoms with Crippen LogP contribution in [-0.4, -0.2) is 45.3 Å². The highest BCUT2D eigenvalue weighted by molar-refractivity contribution is 6.29. The molecule has 0 spiro atoms. The zero-order valence-corrected chi connectivity index (χ0v) is 21.2. The Morgan fingerprint density at radius 3 is 2.73 bits per heavy atom. The van der Waals surface area contributed by atoms with Crippen LogP contribution in [0.25, 0.3) is 16.6 Å². The van der Waals surface area contributed by atoms with E-state index in [-0.39, 0.29) is 0 Å². The number of aliphatic imine (C=N–C) groups is 1. The number of pyridine rings is 3. The van der Waals surface area contributed by atoms with Crippen LogP contribution in [0.15, 0.2) is 60.1 Å². The quantitative estimate of drug-likeness (QED) is 0.233. The van der Waals surface area contributed by atoms with Gasteiger partial charge in [0, 0.05) is 65.2 Å². The minimum Gasteiger partial charge on any atom is -0.404 e. The fraction of sp³-hybridized carbons (Fsp3) is 0.286. The largest absolute Gasteiger partial charge is 0.404 e. The Hall–Kier alpha value is -3.62. The van der Waals surface area contributed by atoms with Gasteiger partial charge in [0.05, 0.1) is 6.04 Å². The number of aromatic amines is 1. The number of aromatic nitrogens is 4. The molecule has 0 atom stereocenters. The third-order valence-corrected chi connectivity index (χ3v) is 6.91. The molecule has 1 fully saturated rings. The second-order valence-electron chi connectivity index (χ2n) is 9.23. The van der Waals surface area contributed by atoms with Crippen molar-refractivity contribution in [3.63, 3.8) is 0 Å². The van der Waals surface area contributed by atoms with Crippen molar-refractivity contribution in [2.75, 3.05) is 13.1 Å². The van der Waals surface area contributed by atoms with E-state index in [1.165, 1.54) is 0 Å².